The second kappa shape index (κ2) is 9.56. The maximum atomic E-state index is 12.9. The van der Waals surface area contributed by atoms with Gasteiger partial charge >= 0.3 is 6.18 Å². The molecule has 0 spiro atoms. The Morgan fingerprint density at radius 2 is 1.59 bits per heavy atom. The van der Waals surface area contributed by atoms with Gasteiger partial charge in [-0.25, -0.2) is 0 Å². The molecule has 3 aromatic carbocycles. The Morgan fingerprint density at radius 3 is 2.26 bits per heavy atom. The van der Waals surface area contributed by atoms with E-state index < -0.39 is 17.6 Å². The van der Waals surface area contributed by atoms with Crippen LogP contribution in [0.15, 0.2) is 66.7 Å². The number of anilines is 1. The Hall–Kier alpha value is -3.85. The number of carbonyl (C=O) groups is 2. The molecule has 1 aliphatic rings. The predicted octanol–water partition coefficient (Wildman–Crippen LogP) is 4.38. The Bertz CT molecular complexity index is 1200. The fourth-order valence-electron chi connectivity index (χ4n) is 3.74. The number of hydrogen-bond acceptors (Lipinski definition) is 4. The number of rotatable bonds is 4. The summed E-state index contributed by atoms with van der Waals surface area (Å²) in [5.41, 5.74) is 0.913. The summed E-state index contributed by atoms with van der Waals surface area (Å²) >= 11 is 0. The van der Waals surface area contributed by atoms with Gasteiger partial charge in [-0.3, -0.25) is 9.59 Å². The van der Waals surface area contributed by atoms with Crippen molar-refractivity contribution in [1.82, 2.24) is 10.2 Å². The summed E-state index contributed by atoms with van der Waals surface area (Å²) < 4.78 is 38.8. The molecule has 0 aromatic heterocycles. The maximum absolute atomic E-state index is 12.9. The van der Waals surface area contributed by atoms with E-state index in [0.717, 1.165) is 25.2 Å². The smallest absolute Gasteiger partial charge is 0.416 e. The third-order valence-corrected chi connectivity index (χ3v) is 5.50. The van der Waals surface area contributed by atoms with E-state index in [9.17, 15) is 27.9 Å². The zero-order chi connectivity index (χ0) is 24.3. The van der Waals surface area contributed by atoms with E-state index in [4.69, 9.17) is 0 Å². The van der Waals surface area contributed by atoms with Gasteiger partial charge in [0.2, 0.25) is 0 Å². The van der Waals surface area contributed by atoms with Gasteiger partial charge in [0.25, 0.3) is 11.8 Å². The summed E-state index contributed by atoms with van der Waals surface area (Å²) in [6, 6.07) is 15.4. The first-order valence-corrected chi connectivity index (χ1v) is 10.6. The van der Waals surface area contributed by atoms with Crippen molar-refractivity contribution < 1.29 is 27.9 Å². The maximum Gasteiger partial charge on any atom is 0.416 e. The van der Waals surface area contributed by atoms with Gasteiger partial charge in [-0.2, -0.15) is 13.2 Å². The molecule has 34 heavy (non-hydrogen) atoms. The molecule has 2 amide bonds. The largest absolute Gasteiger partial charge is 0.508 e. The SMILES string of the molecule is O=C(Nc1cccc(C(F)(F)F)c1)c1cc(O)cc(-c2ccc(C(=O)N3CCNCC3)cc2)c1. The molecule has 0 aliphatic carbocycles. The lowest BCUT2D eigenvalue weighted by Crippen LogP contribution is -2.46. The second-order valence-corrected chi connectivity index (χ2v) is 7.92. The van der Waals surface area contributed by atoms with Gasteiger partial charge < -0.3 is 20.6 Å². The third-order valence-electron chi connectivity index (χ3n) is 5.50. The predicted molar refractivity (Wildman–Crippen MR) is 122 cm³/mol. The van der Waals surface area contributed by atoms with Crippen molar-refractivity contribution in [3.05, 3.63) is 83.4 Å². The van der Waals surface area contributed by atoms with Gasteiger partial charge in [0.15, 0.2) is 0 Å². The first-order chi connectivity index (χ1) is 16.2. The summed E-state index contributed by atoms with van der Waals surface area (Å²) in [4.78, 5) is 27.1. The van der Waals surface area contributed by atoms with Crippen LogP contribution < -0.4 is 10.6 Å². The van der Waals surface area contributed by atoms with Crippen LogP contribution in [-0.2, 0) is 6.18 Å². The van der Waals surface area contributed by atoms with Crippen molar-refractivity contribution in [2.75, 3.05) is 31.5 Å². The number of alkyl halides is 3. The molecule has 0 saturated carbocycles. The molecule has 0 unspecified atom stereocenters. The lowest BCUT2D eigenvalue weighted by Gasteiger charge is -2.27. The number of nitrogens with one attached hydrogen (secondary N) is 2. The molecule has 3 N–H and O–H groups in total. The fraction of sp³-hybridized carbons (Fsp3) is 0.200. The number of phenolic OH excluding ortho intramolecular Hbond substituents is 1. The molecule has 0 radical (unpaired) electrons. The first-order valence-electron chi connectivity index (χ1n) is 10.6. The number of nitrogens with zero attached hydrogens (tertiary/aromatic N) is 1. The van der Waals surface area contributed by atoms with Crippen molar-refractivity contribution >= 4 is 17.5 Å². The molecule has 3 aromatic rings. The number of amides is 2. The number of carbonyl (C=O) groups excluding carboxylic acids is 2. The van der Waals surface area contributed by atoms with Crippen molar-refractivity contribution in [2.45, 2.75) is 6.18 Å². The van der Waals surface area contributed by atoms with Crippen LogP contribution in [0.4, 0.5) is 18.9 Å². The first kappa shape index (κ1) is 23.3. The Labute approximate surface area is 194 Å². The fourth-order valence-corrected chi connectivity index (χ4v) is 3.74. The highest BCUT2D eigenvalue weighted by molar-refractivity contribution is 6.05. The van der Waals surface area contributed by atoms with Gasteiger partial charge in [-0.1, -0.05) is 18.2 Å². The molecule has 0 bridgehead atoms. The van der Waals surface area contributed by atoms with Gasteiger partial charge in [-0.15, -0.1) is 0 Å². The Morgan fingerprint density at radius 1 is 0.882 bits per heavy atom. The number of benzene rings is 3. The van der Waals surface area contributed by atoms with Crippen LogP contribution in [0.5, 0.6) is 5.75 Å². The zero-order valence-electron chi connectivity index (χ0n) is 18.0. The van der Waals surface area contributed by atoms with E-state index in [1.807, 2.05) is 0 Å². The average molecular weight is 469 g/mol. The minimum Gasteiger partial charge on any atom is -0.508 e. The minimum atomic E-state index is -4.53. The normalized spacial score (nSPS) is 14.0. The van der Waals surface area contributed by atoms with Crippen molar-refractivity contribution in [2.24, 2.45) is 0 Å². The summed E-state index contributed by atoms with van der Waals surface area (Å²) in [5.74, 6) is -0.903. The summed E-state index contributed by atoms with van der Waals surface area (Å²) in [6.45, 7) is 2.77. The lowest BCUT2D eigenvalue weighted by atomic mass is 10.0. The van der Waals surface area contributed by atoms with E-state index in [1.165, 1.54) is 30.3 Å². The molecule has 1 saturated heterocycles. The topological polar surface area (TPSA) is 81.7 Å². The van der Waals surface area contributed by atoms with E-state index in [2.05, 4.69) is 10.6 Å². The molecule has 176 valence electrons. The highest BCUT2D eigenvalue weighted by atomic mass is 19.4. The molecule has 1 aliphatic heterocycles. The van der Waals surface area contributed by atoms with Gasteiger partial charge in [0.05, 0.1) is 5.56 Å². The van der Waals surface area contributed by atoms with Crippen LogP contribution in [0.1, 0.15) is 26.3 Å². The van der Waals surface area contributed by atoms with Crippen LogP contribution in [-0.4, -0.2) is 48.0 Å². The number of phenols is 1. The molecule has 0 atom stereocenters. The molecule has 6 nitrogen and oxygen atoms in total. The highest BCUT2D eigenvalue weighted by Gasteiger charge is 2.30. The van der Waals surface area contributed by atoms with Crippen molar-refractivity contribution in [3.8, 4) is 16.9 Å². The minimum absolute atomic E-state index is 0.0134. The molecule has 1 fully saturated rings. The number of piperazine rings is 1. The molecular formula is C25H22F3N3O3. The van der Waals surface area contributed by atoms with Gasteiger partial charge in [0.1, 0.15) is 5.75 Å². The van der Waals surface area contributed by atoms with Gasteiger partial charge in [-0.05, 0) is 59.7 Å². The lowest BCUT2D eigenvalue weighted by molar-refractivity contribution is -0.137. The van der Waals surface area contributed by atoms with Crippen LogP contribution in [0.25, 0.3) is 11.1 Å². The number of aromatic hydroxyl groups is 1. The molecular weight excluding hydrogens is 447 g/mol. The van der Waals surface area contributed by atoms with E-state index in [-0.39, 0.29) is 22.9 Å². The van der Waals surface area contributed by atoms with Gasteiger partial charge in [0, 0.05) is 43.0 Å². The zero-order valence-corrected chi connectivity index (χ0v) is 18.0. The van der Waals surface area contributed by atoms with Crippen LogP contribution in [0.3, 0.4) is 0 Å². The third kappa shape index (κ3) is 5.37. The van der Waals surface area contributed by atoms with E-state index in [1.54, 1.807) is 29.2 Å². The quantitative estimate of drug-likeness (QED) is 0.530. The van der Waals surface area contributed by atoms with Crippen molar-refractivity contribution in [3.63, 3.8) is 0 Å². The van der Waals surface area contributed by atoms with Crippen LogP contribution in [0.2, 0.25) is 0 Å². The van der Waals surface area contributed by atoms with E-state index >= 15 is 0 Å². The Balaban J connectivity index is 1.53. The molecule has 4 rings (SSSR count). The number of hydrogen-bond donors (Lipinski definition) is 3. The highest BCUT2D eigenvalue weighted by Crippen LogP contribution is 2.31. The second-order valence-electron chi connectivity index (χ2n) is 7.92. The van der Waals surface area contributed by atoms with E-state index in [0.29, 0.717) is 29.8 Å². The standard InChI is InChI=1S/C25H22F3N3O3/c26-25(27,28)20-2-1-3-21(15-20)30-23(33)19-12-18(13-22(32)14-19)16-4-6-17(7-5-16)24(34)31-10-8-29-9-11-31/h1-7,12-15,29,32H,8-11H2,(H,30,33). The Kier molecular flexibility index (Phi) is 6.56. The summed E-state index contributed by atoms with van der Waals surface area (Å²) in [7, 11) is 0. The van der Waals surface area contributed by atoms with Crippen molar-refractivity contribution in [1.29, 1.82) is 0 Å². The molecule has 1 heterocycles. The summed E-state index contributed by atoms with van der Waals surface area (Å²) in [5, 5.41) is 15.8. The summed E-state index contributed by atoms with van der Waals surface area (Å²) in [6.07, 6.45) is -4.53. The van der Waals surface area contributed by atoms with Crippen LogP contribution in [0, 0.1) is 0 Å². The number of halogens is 3. The van der Waals surface area contributed by atoms with Crippen LogP contribution >= 0.6 is 0 Å². The monoisotopic (exact) mass is 469 g/mol. The molecule has 9 heteroatoms. The average Bonchev–Trinajstić information content (AvgIpc) is 2.83.